The molecule has 2 atom stereocenters. The van der Waals surface area contributed by atoms with Crippen molar-refractivity contribution in [3.05, 3.63) is 29.6 Å². The van der Waals surface area contributed by atoms with E-state index in [0.717, 1.165) is 12.0 Å². The smallest absolute Gasteiger partial charge is 0.451 e. The van der Waals surface area contributed by atoms with Gasteiger partial charge in [0.2, 0.25) is 0 Å². The average molecular weight is 396 g/mol. The first-order valence-electron chi connectivity index (χ1n) is 9.74. The summed E-state index contributed by atoms with van der Waals surface area (Å²) >= 11 is 0. The van der Waals surface area contributed by atoms with E-state index < -0.39 is 18.6 Å². The lowest BCUT2D eigenvalue weighted by molar-refractivity contribution is -0.144. The highest BCUT2D eigenvalue weighted by molar-refractivity contribution is 6.40. The number of rotatable bonds is 11. The molecule has 0 aliphatic carbocycles. The van der Waals surface area contributed by atoms with Gasteiger partial charge in [0, 0.05) is 18.0 Å². The first-order chi connectivity index (χ1) is 13.2. The van der Waals surface area contributed by atoms with Gasteiger partial charge in [-0.3, -0.25) is 9.69 Å². The first-order valence-corrected chi connectivity index (χ1v) is 9.74. The van der Waals surface area contributed by atoms with Gasteiger partial charge in [-0.1, -0.05) is 12.8 Å². The van der Waals surface area contributed by atoms with Crippen LogP contribution in [0.2, 0.25) is 6.32 Å². The van der Waals surface area contributed by atoms with Crippen molar-refractivity contribution in [3.63, 3.8) is 0 Å². The second-order valence-electron chi connectivity index (χ2n) is 7.61. The van der Waals surface area contributed by atoms with E-state index in [1.165, 1.54) is 12.1 Å². The maximum Gasteiger partial charge on any atom is 0.451 e. The predicted molar refractivity (Wildman–Crippen MR) is 105 cm³/mol. The molecule has 156 valence electrons. The summed E-state index contributed by atoms with van der Waals surface area (Å²) in [5, 5.41) is 27.3. The van der Waals surface area contributed by atoms with E-state index in [1.54, 1.807) is 6.07 Å². The number of unbranched alkanes of at least 4 members (excludes halogenated alkanes) is 1. The van der Waals surface area contributed by atoms with Crippen LogP contribution in [-0.2, 0) is 4.79 Å². The van der Waals surface area contributed by atoms with Crippen LogP contribution in [0.25, 0.3) is 0 Å². The average Bonchev–Trinajstić information content (AvgIpc) is 2.64. The maximum atomic E-state index is 13.6. The van der Waals surface area contributed by atoms with E-state index in [1.807, 2.05) is 7.05 Å². The molecular weight excluding hydrogens is 366 g/mol. The van der Waals surface area contributed by atoms with Gasteiger partial charge in [0.15, 0.2) is 0 Å². The van der Waals surface area contributed by atoms with Crippen LogP contribution >= 0.6 is 0 Å². The molecule has 1 aromatic carbocycles. The third-order valence-corrected chi connectivity index (χ3v) is 5.41. The highest BCUT2D eigenvalue weighted by Gasteiger charge is 2.33. The molecule has 1 aromatic rings. The molecule has 28 heavy (non-hydrogen) atoms. The van der Waals surface area contributed by atoms with Gasteiger partial charge in [0.1, 0.15) is 17.1 Å². The molecule has 0 saturated carbocycles. The molecule has 1 aliphatic rings. The Labute approximate surface area is 165 Å². The van der Waals surface area contributed by atoms with E-state index in [0.29, 0.717) is 44.6 Å². The summed E-state index contributed by atoms with van der Waals surface area (Å²) in [6, 6.07) is 4.54. The molecule has 0 bridgehead atoms. The third-order valence-electron chi connectivity index (χ3n) is 5.41. The van der Waals surface area contributed by atoms with Gasteiger partial charge in [-0.2, -0.15) is 0 Å². The van der Waals surface area contributed by atoms with E-state index in [9.17, 15) is 14.3 Å². The molecule has 0 amide bonds. The zero-order chi connectivity index (χ0) is 20.7. The fraction of sp³-hybridized carbons (Fsp3) is 0.632. The molecule has 0 saturated heterocycles. The van der Waals surface area contributed by atoms with Crippen LogP contribution < -0.4 is 10.5 Å². The van der Waals surface area contributed by atoms with Crippen LogP contribution in [0, 0.1) is 5.82 Å². The van der Waals surface area contributed by atoms with Crippen molar-refractivity contribution in [1.29, 1.82) is 0 Å². The van der Waals surface area contributed by atoms with Crippen molar-refractivity contribution in [2.45, 2.75) is 56.4 Å². The summed E-state index contributed by atoms with van der Waals surface area (Å²) in [7, 11) is 0.560. The molecule has 1 aliphatic heterocycles. The fourth-order valence-corrected chi connectivity index (χ4v) is 3.71. The van der Waals surface area contributed by atoms with Crippen LogP contribution in [0.15, 0.2) is 18.2 Å². The number of ether oxygens (including phenoxy) is 1. The van der Waals surface area contributed by atoms with Gasteiger partial charge in [-0.05, 0) is 57.4 Å². The summed E-state index contributed by atoms with van der Waals surface area (Å²) < 4.78 is 19.2. The minimum atomic E-state index is -1.38. The maximum absolute atomic E-state index is 13.6. The Balaban J connectivity index is 1.88. The summed E-state index contributed by atoms with van der Waals surface area (Å²) in [5.41, 5.74) is 5.59. The lowest BCUT2D eigenvalue weighted by Crippen LogP contribution is -2.48. The van der Waals surface area contributed by atoms with Crippen molar-refractivity contribution >= 4 is 13.1 Å². The molecule has 2 rings (SSSR count). The largest absolute Gasteiger partial charge is 0.493 e. The molecule has 5 N–H and O–H groups in total. The van der Waals surface area contributed by atoms with E-state index in [4.69, 9.17) is 20.5 Å². The van der Waals surface area contributed by atoms with Crippen molar-refractivity contribution in [3.8, 4) is 5.75 Å². The predicted octanol–water partition coefficient (Wildman–Crippen LogP) is 1.79. The van der Waals surface area contributed by atoms with Crippen molar-refractivity contribution in [2.75, 3.05) is 20.2 Å². The summed E-state index contributed by atoms with van der Waals surface area (Å²) in [5.74, 6) is -0.657. The minimum absolute atomic E-state index is 0.0162. The minimum Gasteiger partial charge on any atom is -0.493 e. The van der Waals surface area contributed by atoms with Gasteiger partial charge in [-0.15, -0.1) is 0 Å². The van der Waals surface area contributed by atoms with Gasteiger partial charge in [0.25, 0.3) is 0 Å². The van der Waals surface area contributed by atoms with Gasteiger partial charge < -0.3 is 25.6 Å². The molecule has 7 nitrogen and oxygen atoms in total. The summed E-state index contributed by atoms with van der Waals surface area (Å²) in [4.78, 5) is 13.7. The van der Waals surface area contributed by atoms with Crippen molar-refractivity contribution < 1.29 is 29.1 Å². The number of carboxylic acids is 1. The number of fused-ring (bicyclic) bond motifs is 1. The van der Waals surface area contributed by atoms with Gasteiger partial charge >= 0.3 is 13.1 Å². The number of benzene rings is 1. The zero-order valence-electron chi connectivity index (χ0n) is 16.3. The Kier molecular flexibility index (Phi) is 8.24. The number of aliphatic carboxylic acids is 1. The number of nitrogens with zero attached hydrogens (tertiary/aromatic N) is 1. The molecule has 1 heterocycles. The monoisotopic (exact) mass is 396 g/mol. The Morgan fingerprint density at radius 3 is 2.75 bits per heavy atom. The first kappa shape index (κ1) is 22.6. The van der Waals surface area contributed by atoms with Crippen LogP contribution in [0.4, 0.5) is 4.39 Å². The van der Waals surface area contributed by atoms with Gasteiger partial charge in [-0.25, -0.2) is 4.39 Å². The number of hydrogen-bond acceptors (Lipinski definition) is 6. The number of halogens is 1. The summed E-state index contributed by atoms with van der Waals surface area (Å²) in [6.07, 6.45) is 3.15. The molecule has 9 heteroatoms. The molecular formula is C19H30BFN2O5. The lowest BCUT2D eigenvalue weighted by atomic mass is 9.81. The summed E-state index contributed by atoms with van der Waals surface area (Å²) in [6.45, 7) is 1.18. The lowest BCUT2D eigenvalue weighted by Gasteiger charge is -2.34. The van der Waals surface area contributed by atoms with E-state index >= 15 is 0 Å². The standard InChI is InChI=1S/C19H30BFN2O5/c1-23(16-7-12-28-17-6-5-14(21)13-15(16)17)11-4-9-19(22,18(24)25)8-2-3-10-20(26)27/h5-6,13,16,26-27H,2-4,7-12,22H2,1H3,(H,24,25). The fourth-order valence-electron chi connectivity index (χ4n) is 3.71. The molecule has 0 fully saturated rings. The van der Waals surface area contributed by atoms with Crippen LogP contribution in [0.1, 0.15) is 50.1 Å². The number of carbonyl (C=O) groups is 1. The van der Waals surface area contributed by atoms with Crippen molar-refractivity contribution in [1.82, 2.24) is 4.90 Å². The Hall–Kier alpha value is -1.68. The van der Waals surface area contributed by atoms with Crippen molar-refractivity contribution in [2.24, 2.45) is 5.73 Å². The third kappa shape index (κ3) is 6.17. The van der Waals surface area contributed by atoms with E-state index in [2.05, 4.69) is 4.90 Å². The quantitative estimate of drug-likeness (QED) is 0.333. The van der Waals surface area contributed by atoms with Crippen LogP contribution in [-0.4, -0.2) is 58.9 Å². The Morgan fingerprint density at radius 1 is 1.36 bits per heavy atom. The molecule has 0 aromatic heterocycles. The Bertz CT molecular complexity index is 663. The molecule has 2 unspecified atom stereocenters. The SMILES string of the molecule is CN(CCCC(N)(CCCCB(O)O)C(=O)O)C1CCOc2ccc(F)cc21. The van der Waals surface area contributed by atoms with Gasteiger partial charge in [0.05, 0.1) is 6.61 Å². The topological polar surface area (TPSA) is 116 Å². The number of carboxylic acid groups (broad SMARTS) is 1. The zero-order valence-corrected chi connectivity index (χ0v) is 16.3. The van der Waals surface area contributed by atoms with Crippen LogP contribution in [0.5, 0.6) is 5.75 Å². The van der Waals surface area contributed by atoms with Crippen LogP contribution in [0.3, 0.4) is 0 Å². The second kappa shape index (κ2) is 10.2. The molecule has 0 radical (unpaired) electrons. The van der Waals surface area contributed by atoms with E-state index in [-0.39, 0.29) is 24.6 Å². The normalized spacial score (nSPS) is 18.3. The second-order valence-corrected chi connectivity index (χ2v) is 7.61. The Morgan fingerprint density at radius 2 is 2.07 bits per heavy atom. The molecule has 0 spiro atoms. The number of nitrogens with two attached hydrogens (primary N) is 1. The highest BCUT2D eigenvalue weighted by Crippen LogP contribution is 2.36. The number of hydrogen-bond donors (Lipinski definition) is 4. The highest BCUT2D eigenvalue weighted by atomic mass is 19.1.